The first-order valence-corrected chi connectivity index (χ1v) is 7.64. The highest BCUT2D eigenvalue weighted by Crippen LogP contribution is 2.67. The molecule has 5 nitrogen and oxygen atoms in total. The van der Waals surface area contributed by atoms with Gasteiger partial charge in [-0.1, -0.05) is 34.6 Å². The molecule has 1 aliphatic rings. The van der Waals surface area contributed by atoms with Crippen molar-refractivity contribution in [2.45, 2.75) is 41.0 Å². The van der Waals surface area contributed by atoms with E-state index in [0.29, 0.717) is 24.0 Å². The third-order valence-corrected chi connectivity index (χ3v) is 5.21. The first-order valence-electron chi connectivity index (χ1n) is 7.64. The van der Waals surface area contributed by atoms with Crippen molar-refractivity contribution in [2.24, 2.45) is 16.7 Å². The summed E-state index contributed by atoms with van der Waals surface area (Å²) in [6.45, 7) is 12.6. The summed E-state index contributed by atoms with van der Waals surface area (Å²) >= 11 is 0. The third kappa shape index (κ3) is 3.01. The Bertz CT molecular complexity index is 511. The molecular weight excluding hydrogens is 264 g/mol. The molecule has 1 aliphatic carbocycles. The maximum atomic E-state index is 12.2. The van der Waals surface area contributed by atoms with Crippen molar-refractivity contribution < 1.29 is 4.79 Å². The van der Waals surface area contributed by atoms with E-state index in [0.717, 1.165) is 13.0 Å². The Balaban J connectivity index is 1.92. The molecule has 1 fully saturated rings. The standard InChI is InChI=1S/C16H26N4O/c1-6-7-18-13-10-17-8-11(20-13)14(21)19-9-12-15(2,3)16(12,4)5/h8,10,12H,6-7,9H2,1-5H3,(H,18,20)(H,19,21). The third-order valence-electron chi connectivity index (χ3n) is 5.21. The molecule has 1 heterocycles. The van der Waals surface area contributed by atoms with Crippen LogP contribution >= 0.6 is 0 Å². The maximum Gasteiger partial charge on any atom is 0.271 e. The molecule has 0 unspecified atom stereocenters. The summed E-state index contributed by atoms with van der Waals surface area (Å²) < 4.78 is 0. The number of rotatable bonds is 6. The van der Waals surface area contributed by atoms with E-state index in [1.165, 1.54) is 6.20 Å². The van der Waals surface area contributed by atoms with Crippen LogP contribution in [0.5, 0.6) is 0 Å². The summed E-state index contributed by atoms with van der Waals surface area (Å²) in [5, 5.41) is 6.13. The van der Waals surface area contributed by atoms with Crippen molar-refractivity contribution in [3.8, 4) is 0 Å². The highest BCUT2D eigenvalue weighted by molar-refractivity contribution is 5.92. The topological polar surface area (TPSA) is 66.9 Å². The molecule has 0 aliphatic heterocycles. The van der Waals surface area contributed by atoms with Gasteiger partial charge < -0.3 is 10.6 Å². The Morgan fingerprint density at radius 3 is 2.48 bits per heavy atom. The summed E-state index contributed by atoms with van der Waals surface area (Å²) in [5.74, 6) is 1.00. The van der Waals surface area contributed by atoms with E-state index in [-0.39, 0.29) is 16.7 Å². The van der Waals surface area contributed by atoms with E-state index in [1.807, 2.05) is 0 Å². The van der Waals surface area contributed by atoms with Crippen LogP contribution in [0, 0.1) is 16.7 Å². The van der Waals surface area contributed by atoms with Gasteiger partial charge in [0.15, 0.2) is 0 Å². The number of nitrogens with zero attached hydrogens (tertiary/aromatic N) is 2. The van der Waals surface area contributed by atoms with Crippen LogP contribution in [0.2, 0.25) is 0 Å². The van der Waals surface area contributed by atoms with Crippen LogP contribution < -0.4 is 10.6 Å². The number of hydrogen-bond donors (Lipinski definition) is 2. The van der Waals surface area contributed by atoms with Crippen LogP contribution in [-0.2, 0) is 0 Å². The molecule has 0 radical (unpaired) electrons. The lowest BCUT2D eigenvalue weighted by Crippen LogP contribution is -2.28. The summed E-state index contributed by atoms with van der Waals surface area (Å²) in [6.07, 6.45) is 4.15. The molecule has 5 heteroatoms. The average molecular weight is 290 g/mol. The number of carbonyl (C=O) groups excluding carboxylic acids is 1. The molecule has 0 spiro atoms. The highest BCUT2D eigenvalue weighted by atomic mass is 16.1. The van der Waals surface area contributed by atoms with Gasteiger partial charge in [0.1, 0.15) is 11.5 Å². The summed E-state index contributed by atoms with van der Waals surface area (Å²) in [6, 6.07) is 0. The van der Waals surface area contributed by atoms with Crippen LogP contribution in [-0.4, -0.2) is 29.0 Å². The second kappa shape index (κ2) is 5.62. The normalized spacial score (nSPS) is 19.1. The predicted octanol–water partition coefficient (Wildman–Crippen LogP) is 2.71. The number of anilines is 1. The van der Waals surface area contributed by atoms with E-state index in [1.54, 1.807) is 6.20 Å². The molecule has 116 valence electrons. The minimum Gasteiger partial charge on any atom is -0.369 e. The molecule has 1 aromatic rings. The van der Waals surface area contributed by atoms with E-state index >= 15 is 0 Å². The van der Waals surface area contributed by atoms with Crippen molar-refractivity contribution in [1.82, 2.24) is 15.3 Å². The van der Waals surface area contributed by atoms with Crippen molar-refractivity contribution >= 4 is 11.7 Å². The molecule has 2 rings (SSSR count). The Labute approximate surface area is 127 Å². The zero-order chi connectivity index (χ0) is 15.7. The molecule has 0 atom stereocenters. The number of amides is 1. The van der Waals surface area contributed by atoms with Gasteiger partial charge in [0.2, 0.25) is 0 Å². The molecule has 0 saturated heterocycles. The number of hydrogen-bond acceptors (Lipinski definition) is 4. The largest absolute Gasteiger partial charge is 0.369 e. The summed E-state index contributed by atoms with van der Waals surface area (Å²) in [4.78, 5) is 20.6. The second-order valence-electron chi connectivity index (χ2n) is 6.92. The van der Waals surface area contributed by atoms with Gasteiger partial charge in [-0.05, 0) is 23.2 Å². The minimum atomic E-state index is -0.152. The lowest BCUT2D eigenvalue weighted by atomic mass is 10.0. The molecule has 1 saturated carbocycles. The van der Waals surface area contributed by atoms with E-state index in [9.17, 15) is 4.79 Å². The fourth-order valence-corrected chi connectivity index (χ4v) is 2.94. The number of aromatic nitrogens is 2. The number of nitrogens with one attached hydrogen (secondary N) is 2. The quantitative estimate of drug-likeness (QED) is 0.845. The fourth-order valence-electron chi connectivity index (χ4n) is 2.94. The molecule has 2 N–H and O–H groups in total. The molecular formula is C16H26N4O. The van der Waals surface area contributed by atoms with Crippen molar-refractivity contribution in [3.63, 3.8) is 0 Å². The van der Waals surface area contributed by atoms with E-state index in [4.69, 9.17) is 0 Å². The summed E-state index contributed by atoms with van der Waals surface area (Å²) in [7, 11) is 0. The van der Waals surface area contributed by atoms with Gasteiger partial charge in [0, 0.05) is 13.1 Å². The van der Waals surface area contributed by atoms with Crippen molar-refractivity contribution in [3.05, 3.63) is 18.1 Å². The Kier molecular flexibility index (Phi) is 4.21. The zero-order valence-corrected chi connectivity index (χ0v) is 13.7. The highest BCUT2D eigenvalue weighted by Gasteiger charge is 2.64. The molecule has 0 aromatic carbocycles. The van der Waals surface area contributed by atoms with E-state index in [2.05, 4.69) is 55.2 Å². The van der Waals surface area contributed by atoms with Gasteiger partial charge in [0.05, 0.1) is 12.4 Å². The second-order valence-corrected chi connectivity index (χ2v) is 6.92. The van der Waals surface area contributed by atoms with E-state index < -0.39 is 0 Å². The Hall–Kier alpha value is -1.65. The van der Waals surface area contributed by atoms with Crippen LogP contribution in [0.3, 0.4) is 0 Å². The fraction of sp³-hybridized carbons (Fsp3) is 0.688. The molecule has 1 aromatic heterocycles. The van der Waals surface area contributed by atoms with Gasteiger partial charge in [-0.25, -0.2) is 4.98 Å². The van der Waals surface area contributed by atoms with Crippen LogP contribution in [0.1, 0.15) is 51.5 Å². The van der Waals surface area contributed by atoms with Crippen LogP contribution in [0.15, 0.2) is 12.4 Å². The molecule has 21 heavy (non-hydrogen) atoms. The number of carbonyl (C=O) groups is 1. The zero-order valence-electron chi connectivity index (χ0n) is 13.7. The van der Waals surface area contributed by atoms with Crippen LogP contribution in [0.25, 0.3) is 0 Å². The van der Waals surface area contributed by atoms with Gasteiger partial charge in [-0.2, -0.15) is 0 Å². The van der Waals surface area contributed by atoms with Crippen molar-refractivity contribution in [1.29, 1.82) is 0 Å². The lowest BCUT2D eigenvalue weighted by molar-refractivity contribution is 0.0944. The monoisotopic (exact) mass is 290 g/mol. The van der Waals surface area contributed by atoms with Crippen molar-refractivity contribution in [2.75, 3.05) is 18.4 Å². The molecule has 0 bridgehead atoms. The summed E-state index contributed by atoms with van der Waals surface area (Å²) in [5.41, 5.74) is 0.917. The van der Waals surface area contributed by atoms with Gasteiger partial charge in [-0.15, -0.1) is 0 Å². The average Bonchev–Trinajstić information content (AvgIpc) is 2.84. The lowest BCUT2D eigenvalue weighted by Gasteiger charge is -2.08. The Morgan fingerprint density at radius 2 is 1.90 bits per heavy atom. The molecule has 1 amide bonds. The van der Waals surface area contributed by atoms with Gasteiger partial charge in [0.25, 0.3) is 5.91 Å². The van der Waals surface area contributed by atoms with Crippen LogP contribution in [0.4, 0.5) is 5.82 Å². The maximum absolute atomic E-state index is 12.2. The SMILES string of the molecule is CCCNc1cncc(C(=O)NCC2C(C)(C)C2(C)C)n1. The first-order chi connectivity index (χ1) is 9.80. The van der Waals surface area contributed by atoms with Gasteiger partial charge >= 0.3 is 0 Å². The Morgan fingerprint density at radius 1 is 1.24 bits per heavy atom. The first kappa shape index (κ1) is 15.7. The predicted molar refractivity (Wildman–Crippen MR) is 84.2 cm³/mol. The minimum absolute atomic E-state index is 0.152. The smallest absolute Gasteiger partial charge is 0.271 e. The van der Waals surface area contributed by atoms with Gasteiger partial charge in [-0.3, -0.25) is 9.78 Å².